The Morgan fingerprint density at radius 2 is 2.33 bits per heavy atom. The summed E-state index contributed by atoms with van der Waals surface area (Å²) in [6.07, 6.45) is 0. The molecular formula is C9H14N2O4. The Kier molecular flexibility index (Phi) is 4.62. The summed E-state index contributed by atoms with van der Waals surface area (Å²) in [6.45, 7) is 2.94. The Morgan fingerprint density at radius 3 is 3.00 bits per heavy atom. The van der Waals surface area contributed by atoms with Crippen molar-refractivity contribution in [3.8, 4) is 5.88 Å². The molecule has 6 nitrogen and oxygen atoms in total. The van der Waals surface area contributed by atoms with Crippen molar-refractivity contribution < 1.29 is 19.0 Å². The van der Waals surface area contributed by atoms with Crippen LogP contribution in [0.3, 0.4) is 0 Å². The van der Waals surface area contributed by atoms with Crippen LogP contribution in [0.15, 0.2) is 6.07 Å². The third kappa shape index (κ3) is 3.59. The molecule has 1 heterocycles. The van der Waals surface area contributed by atoms with Gasteiger partial charge in [-0.2, -0.15) is 0 Å². The number of carbonyl (C=O) groups excluding carboxylic acids is 1. The minimum Gasteiger partial charge on any atom is -0.474 e. The predicted octanol–water partition coefficient (Wildman–Crippen LogP) is 0.612. The maximum atomic E-state index is 11.2. The Bertz CT molecular complexity index is 311. The van der Waals surface area contributed by atoms with E-state index in [2.05, 4.69) is 10.2 Å². The van der Waals surface area contributed by atoms with Crippen LogP contribution in [0.25, 0.3) is 0 Å². The molecule has 1 aromatic heterocycles. The molecule has 0 saturated heterocycles. The molecule has 0 bridgehead atoms. The van der Waals surface area contributed by atoms with E-state index in [9.17, 15) is 4.79 Å². The van der Waals surface area contributed by atoms with Gasteiger partial charge in [-0.25, -0.2) is 4.79 Å². The Balaban J connectivity index is 2.45. The standard InChI is InChI=1S/C9H14N2O4/c1-3-14-9(12)7-6-8(11-10-7)15-5-4-13-2/h6H,3-5H2,1-2H3,(H,10,11). The lowest BCUT2D eigenvalue weighted by atomic mass is 10.4. The molecule has 1 N–H and O–H groups in total. The van der Waals surface area contributed by atoms with Crippen LogP contribution in [-0.2, 0) is 9.47 Å². The van der Waals surface area contributed by atoms with Crippen molar-refractivity contribution in [3.63, 3.8) is 0 Å². The minimum absolute atomic E-state index is 0.282. The number of carbonyl (C=O) groups is 1. The number of H-pyrrole nitrogens is 1. The number of nitrogens with zero attached hydrogens (tertiary/aromatic N) is 1. The van der Waals surface area contributed by atoms with Gasteiger partial charge in [-0.05, 0) is 6.92 Å². The molecule has 0 aliphatic heterocycles. The van der Waals surface area contributed by atoms with E-state index >= 15 is 0 Å². The maximum absolute atomic E-state index is 11.2. The van der Waals surface area contributed by atoms with E-state index in [1.807, 2.05) is 0 Å². The highest BCUT2D eigenvalue weighted by molar-refractivity contribution is 5.87. The second-order valence-electron chi connectivity index (χ2n) is 2.68. The number of methoxy groups -OCH3 is 1. The zero-order chi connectivity index (χ0) is 11.1. The number of hydrogen-bond donors (Lipinski definition) is 1. The first kappa shape index (κ1) is 11.5. The molecule has 0 unspecified atom stereocenters. The van der Waals surface area contributed by atoms with Gasteiger partial charge < -0.3 is 14.2 Å². The SMILES string of the molecule is CCOC(=O)c1cc(OCCOC)n[nH]1. The third-order valence-corrected chi connectivity index (χ3v) is 1.59. The maximum Gasteiger partial charge on any atom is 0.356 e. The summed E-state index contributed by atoms with van der Waals surface area (Å²) in [7, 11) is 1.58. The van der Waals surface area contributed by atoms with Crippen molar-refractivity contribution in [1.82, 2.24) is 10.2 Å². The van der Waals surface area contributed by atoms with Gasteiger partial charge in [0.25, 0.3) is 0 Å². The van der Waals surface area contributed by atoms with Crippen molar-refractivity contribution in [3.05, 3.63) is 11.8 Å². The molecule has 0 aliphatic carbocycles. The summed E-state index contributed by atoms with van der Waals surface area (Å²) in [6, 6.07) is 1.49. The number of rotatable bonds is 6. The minimum atomic E-state index is -0.438. The summed E-state index contributed by atoms with van der Waals surface area (Å²) in [5.74, 6) is -0.0818. The van der Waals surface area contributed by atoms with Crippen molar-refractivity contribution >= 4 is 5.97 Å². The summed E-state index contributed by atoms with van der Waals surface area (Å²) in [4.78, 5) is 11.2. The molecule has 84 valence electrons. The number of ether oxygens (including phenoxy) is 3. The average Bonchev–Trinajstić information content (AvgIpc) is 2.67. The first-order valence-corrected chi connectivity index (χ1v) is 4.62. The highest BCUT2D eigenvalue weighted by Gasteiger charge is 2.10. The van der Waals surface area contributed by atoms with Gasteiger partial charge in [-0.1, -0.05) is 0 Å². The van der Waals surface area contributed by atoms with E-state index in [4.69, 9.17) is 14.2 Å². The molecule has 0 aliphatic rings. The molecule has 0 aromatic carbocycles. The number of aromatic nitrogens is 2. The van der Waals surface area contributed by atoms with Crippen LogP contribution in [0, 0.1) is 0 Å². The first-order valence-electron chi connectivity index (χ1n) is 4.62. The van der Waals surface area contributed by atoms with Gasteiger partial charge in [0.2, 0.25) is 5.88 Å². The fourth-order valence-electron chi connectivity index (χ4n) is 0.920. The van der Waals surface area contributed by atoms with E-state index in [0.29, 0.717) is 25.7 Å². The number of aromatic amines is 1. The van der Waals surface area contributed by atoms with Crippen molar-refractivity contribution in [1.29, 1.82) is 0 Å². The number of esters is 1. The Labute approximate surface area is 87.5 Å². The van der Waals surface area contributed by atoms with Gasteiger partial charge in [-0.3, -0.25) is 5.10 Å². The van der Waals surface area contributed by atoms with Gasteiger partial charge in [-0.15, -0.1) is 5.10 Å². The van der Waals surface area contributed by atoms with Crippen LogP contribution in [0.1, 0.15) is 17.4 Å². The van der Waals surface area contributed by atoms with Crippen LogP contribution in [0.2, 0.25) is 0 Å². The number of nitrogens with one attached hydrogen (secondary N) is 1. The van der Waals surface area contributed by atoms with Crippen molar-refractivity contribution in [2.24, 2.45) is 0 Å². The van der Waals surface area contributed by atoms with Crippen LogP contribution in [0.4, 0.5) is 0 Å². The van der Waals surface area contributed by atoms with E-state index in [-0.39, 0.29) is 5.69 Å². The zero-order valence-corrected chi connectivity index (χ0v) is 8.78. The molecule has 1 rings (SSSR count). The molecule has 6 heteroatoms. The number of hydrogen-bond acceptors (Lipinski definition) is 5. The Morgan fingerprint density at radius 1 is 1.53 bits per heavy atom. The van der Waals surface area contributed by atoms with Gasteiger partial charge >= 0.3 is 5.97 Å². The van der Waals surface area contributed by atoms with Gasteiger partial charge in [0, 0.05) is 13.2 Å². The highest BCUT2D eigenvalue weighted by Crippen LogP contribution is 2.08. The molecule has 0 atom stereocenters. The first-order chi connectivity index (χ1) is 7.27. The van der Waals surface area contributed by atoms with E-state index in [1.165, 1.54) is 6.07 Å². The summed E-state index contributed by atoms with van der Waals surface area (Å²) in [5, 5.41) is 6.31. The van der Waals surface area contributed by atoms with Crippen LogP contribution in [-0.4, -0.2) is 43.1 Å². The fraction of sp³-hybridized carbons (Fsp3) is 0.556. The van der Waals surface area contributed by atoms with Gasteiger partial charge in [0.05, 0.1) is 13.2 Å². The van der Waals surface area contributed by atoms with Crippen molar-refractivity contribution in [2.75, 3.05) is 26.9 Å². The monoisotopic (exact) mass is 214 g/mol. The average molecular weight is 214 g/mol. The van der Waals surface area contributed by atoms with Crippen LogP contribution < -0.4 is 4.74 Å². The van der Waals surface area contributed by atoms with Gasteiger partial charge in [0.1, 0.15) is 12.3 Å². The lowest BCUT2D eigenvalue weighted by molar-refractivity contribution is 0.0519. The Hall–Kier alpha value is -1.56. The summed E-state index contributed by atoms with van der Waals surface area (Å²) < 4.78 is 14.8. The molecule has 0 spiro atoms. The highest BCUT2D eigenvalue weighted by atomic mass is 16.5. The molecule has 1 aromatic rings. The van der Waals surface area contributed by atoms with Crippen LogP contribution in [0.5, 0.6) is 5.88 Å². The largest absolute Gasteiger partial charge is 0.474 e. The van der Waals surface area contributed by atoms with Crippen LogP contribution >= 0.6 is 0 Å². The fourth-order valence-corrected chi connectivity index (χ4v) is 0.920. The van der Waals surface area contributed by atoms with E-state index in [1.54, 1.807) is 14.0 Å². The normalized spacial score (nSPS) is 10.0. The molecule has 0 saturated carbocycles. The quantitative estimate of drug-likeness (QED) is 0.554. The second-order valence-corrected chi connectivity index (χ2v) is 2.68. The third-order valence-electron chi connectivity index (χ3n) is 1.59. The van der Waals surface area contributed by atoms with E-state index in [0.717, 1.165) is 0 Å². The molecule has 0 radical (unpaired) electrons. The molecule has 0 fully saturated rings. The topological polar surface area (TPSA) is 73.4 Å². The summed E-state index contributed by atoms with van der Waals surface area (Å²) in [5.41, 5.74) is 0.282. The van der Waals surface area contributed by atoms with E-state index < -0.39 is 5.97 Å². The molecular weight excluding hydrogens is 200 g/mol. The van der Waals surface area contributed by atoms with Crippen molar-refractivity contribution in [2.45, 2.75) is 6.92 Å². The van der Waals surface area contributed by atoms with Gasteiger partial charge in [0.15, 0.2) is 0 Å². The molecule has 0 amide bonds. The zero-order valence-electron chi connectivity index (χ0n) is 8.78. The predicted molar refractivity (Wildman–Crippen MR) is 51.9 cm³/mol. The molecule has 15 heavy (non-hydrogen) atoms. The summed E-state index contributed by atoms with van der Waals surface area (Å²) >= 11 is 0. The lowest BCUT2D eigenvalue weighted by Crippen LogP contribution is -2.05. The second kappa shape index (κ2) is 6.02. The lowest BCUT2D eigenvalue weighted by Gasteiger charge is -1.99. The smallest absolute Gasteiger partial charge is 0.356 e.